The van der Waals surface area contributed by atoms with Crippen molar-refractivity contribution in [2.75, 3.05) is 17.2 Å². The summed E-state index contributed by atoms with van der Waals surface area (Å²) in [6.07, 6.45) is 0.783. The van der Waals surface area contributed by atoms with Crippen molar-refractivity contribution in [2.45, 2.75) is 13.3 Å². The highest BCUT2D eigenvalue weighted by molar-refractivity contribution is 7.12. The Balaban J connectivity index is 1.51. The molecule has 7 heteroatoms. The van der Waals surface area contributed by atoms with Gasteiger partial charge in [-0.15, -0.1) is 11.3 Å². The summed E-state index contributed by atoms with van der Waals surface area (Å²) in [5.74, 6) is -1.22. The molecule has 0 saturated carbocycles. The van der Waals surface area contributed by atoms with E-state index in [1.807, 2.05) is 36.6 Å². The van der Waals surface area contributed by atoms with E-state index in [-0.39, 0.29) is 12.5 Å². The normalized spacial score (nSPS) is 10.2. The van der Waals surface area contributed by atoms with Crippen molar-refractivity contribution in [1.29, 1.82) is 0 Å². The van der Waals surface area contributed by atoms with Crippen molar-refractivity contribution < 1.29 is 19.1 Å². The van der Waals surface area contributed by atoms with Gasteiger partial charge in [0.15, 0.2) is 6.61 Å². The Morgan fingerprint density at radius 3 is 2.38 bits per heavy atom. The number of para-hydroxylation sites is 1. The van der Waals surface area contributed by atoms with Crippen LogP contribution in [0.3, 0.4) is 0 Å². The summed E-state index contributed by atoms with van der Waals surface area (Å²) >= 11 is 1.35. The van der Waals surface area contributed by atoms with E-state index in [1.165, 1.54) is 23.5 Å². The van der Waals surface area contributed by atoms with E-state index < -0.39 is 11.9 Å². The Labute approximate surface area is 172 Å². The van der Waals surface area contributed by atoms with Gasteiger partial charge in [0.05, 0.1) is 10.4 Å². The summed E-state index contributed by atoms with van der Waals surface area (Å²) in [7, 11) is 0. The SMILES string of the molecule is CCc1ccccc1NC(=O)COC(=O)c1ccc(NC(=O)c2cccs2)cc1. The number of hydrogen-bond acceptors (Lipinski definition) is 5. The molecule has 0 aliphatic heterocycles. The second kappa shape index (κ2) is 9.66. The quantitative estimate of drug-likeness (QED) is 0.569. The van der Waals surface area contributed by atoms with Gasteiger partial charge in [0.1, 0.15) is 0 Å². The fourth-order valence-electron chi connectivity index (χ4n) is 2.64. The maximum absolute atomic E-state index is 12.2. The predicted molar refractivity (Wildman–Crippen MR) is 113 cm³/mol. The van der Waals surface area contributed by atoms with E-state index >= 15 is 0 Å². The summed E-state index contributed by atoms with van der Waals surface area (Å²) in [6, 6.07) is 17.3. The Hall–Kier alpha value is -3.45. The fraction of sp³-hybridized carbons (Fsp3) is 0.136. The maximum atomic E-state index is 12.2. The van der Waals surface area contributed by atoms with Crippen molar-refractivity contribution in [1.82, 2.24) is 0 Å². The highest BCUT2D eigenvalue weighted by atomic mass is 32.1. The van der Waals surface area contributed by atoms with Crippen LogP contribution in [0.1, 0.15) is 32.5 Å². The molecule has 0 atom stereocenters. The number of amides is 2. The molecule has 0 radical (unpaired) electrons. The van der Waals surface area contributed by atoms with Crippen molar-refractivity contribution in [3.63, 3.8) is 0 Å². The number of benzene rings is 2. The molecule has 0 saturated heterocycles. The average Bonchev–Trinajstić information content (AvgIpc) is 3.28. The molecule has 6 nitrogen and oxygen atoms in total. The van der Waals surface area contributed by atoms with Crippen LogP contribution in [0.4, 0.5) is 11.4 Å². The molecule has 0 spiro atoms. The van der Waals surface area contributed by atoms with Crippen LogP contribution in [0.2, 0.25) is 0 Å². The molecular formula is C22H20N2O4S. The van der Waals surface area contributed by atoms with Gasteiger partial charge in [-0.05, 0) is 53.8 Å². The molecule has 0 bridgehead atoms. The van der Waals surface area contributed by atoms with Gasteiger partial charge in [0.2, 0.25) is 0 Å². The molecule has 2 aromatic carbocycles. The summed E-state index contributed by atoms with van der Waals surface area (Å²) in [5.41, 5.74) is 2.57. The van der Waals surface area contributed by atoms with E-state index in [0.29, 0.717) is 21.8 Å². The number of esters is 1. The van der Waals surface area contributed by atoms with Gasteiger partial charge >= 0.3 is 5.97 Å². The van der Waals surface area contributed by atoms with Crippen LogP contribution in [0, 0.1) is 0 Å². The molecule has 3 rings (SSSR count). The number of rotatable bonds is 7. The zero-order valence-corrected chi connectivity index (χ0v) is 16.6. The first kappa shape index (κ1) is 20.3. The maximum Gasteiger partial charge on any atom is 0.338 e. The van der Waals surface area contributed by atoms with Gasteiger partial charge in [-0.1, -0.05) is 31.2 Å². The predicted octanol–water partition coefficient (Wildman–Crippen LogP) is 4.36. The Morgan fingerprint density at radius 1 is 0.931 bits per heavy atom. The number of carbonyl (C=O) groups is 3. The van der Waals surface area contributed by atoms with E-state index in [1.54, 1.807) is 24.3 Å². The molecule has 2 amide bonds. The molecule has 0 fully saturated rings. The number of hydrogen-bond donors (Lipinski definition) is 2. The number of ether oxygens (including phenoxy) is 1. The van der Waals surface area contributed by atoms with Gasteiger partial charge in [-0.3, -0.25) is 9.59 Å². The minimum absolute atomic E-state index is 0.209. The lowest BCUT2D eigenvalue weighted by Crippen LogP contribution is -2.21. The van der Waals surface area contributed by atoms with Crippen molar-refractivity contribution in [3.05, 3.63) is 82.0 Å². The zero-order chi connectivity index (χ0) is 20.6. The van der Waals surface area contributed by atoms with E-state index in [9.17, 15) is 14.4 Å². The van der Waals surface area contributed by atoms with Crippen LogP contribution in [-0.4, -0.2) is 24.4 Å². The molecule has 148 valence electrons. The summed E-state index contributed by atoms with van der Waals surface area (Å²) < 4.78 is 5.08. The molecule has 0 unspecified atom stereocenters. The van der Waals surface area contributed by atoms with Gasteiger partial charge in [-0.2, -0.15) is 0 Å². The molecule has 1 heterocycles. The lowest BCUT2D eigenvalue weighted by atomic mass is 10.1. The first-order valence-electron chi connectivity index (χ1n) is 9.06. The average molecular weight is 408 g/mol. The second-order valence-electron chi connectivity index (χ2n) is 6.14. The lowest BCUT2D eigenvalue weighted by Gasteiger charge is -2.10. The number of thiophene rings is 1. The summed E-state index contributed by atoms with van der Waals surface area (Å²) in [5, 5.41) is 7.33. The first-order chi connectivity index (χ1) is 14.1. The minimum Gasteiger partial charge on any atom is -0.452 e. The molecule has 2 N–H and O–H groups in total. The smallest absolute Gasteiger partial charge is 0.338 e. The highest BCUT2D eigenvalue weighted by Crippen LogP contribution is 2.16. The number of anilines is 2. The highest BCUT2D eigenvalue weighted by Gasteiger charge is 2.12. The van der Waals surface area contributed by atoms with Crippen molar-refractivity contribution >= 4 is 40.5 Å². The number of aryl methyl sites for hydroxylation is 1. The Kier molecular flexibility index (Phi) is 6.76. The van der Waals surface area contributed by atoms with E-state index in [4.69, 9.17) is 4.74 Å². The van der Waals surface area contributed by atoms with Gasteiger partial charge in [0.25, 0.3) is 11.8 Å². The van der Waals surface area contributed by atoms with Gasteiger partial charge in [-0.25, -0.2) is 4.79 Å². The second-order valence-corrected chi connectivity index (χ2v) is 7.09. The van der Waals surface area contributed by atoms with Crippen LogP contribution >= 0.6 is 11.3 Å². The molecule has 3 aromatic rings. The van der Waals surface area contributed by atoms with Gasteiger partial charge < -0.3 is 15.4 Å². The topological polar surface area (TPSA) is 84.5 Å². The van der Waals surface area contributed by atoms with Crippen molar-refractivity contribution in [3.8, 4) is 0 Å². The first-order valence-corrected chi connectivity index (χ1v) is 9.94. The largest absolute Gasteiger partial charge is 0.452 e. The summed E-state index contributed by atoms with van der Waals surface area (Å²) in [6.45, 7) is 1.62. The molecule has 0 aliphatic rings. The van der Waals surface area contributed by atoms with Crippen LogP contribution in [0.5, 0.6) is 0 Å². The Bertz CT molecular complexity index is 998. The van der Waals surface area contributed by atoms with E-state index in [2.05, 4.69) is 10.6 Å². The zero-order valence-electron chi connectivity index (χ0n) is 15.8. The molecule has 29 heavy (non-hydrogen) atoms. The fourth-order valence-corrected chi connectivity index (χ4v) is 3.26. The van der Waals surface area contributed by atoms with Gasteiger partial charge in [0, 0.05) is 11.4 Å². The third-order valence-electron chi connectivity index (χ3n) is 4.13. The minimum atomic E-state index is -0.611. The van der Waals surface area contributed by atoms with Crippen LogP contribution in [-0.2, 0) is 16.0 Å². The van der Waals surface area contributed by atoms with Crippen LogP contribution in [0.15, 0.2) is 66.0 Å². The van der Waals surface area contributed by atoms with Crippen molar-refractivity contribution in [2.24, 2.45) is 0 Å². The Morgan fingerprint density at radius 2 is 1.69 bits per heavy atom. The van der Waals surface area contributed by atoms with Crippen LogP contribution < -0.4 is 10.6 Å². The summed E-state index contributed by atoms with van der Waals surface area (Å²) in [4.78, 5) is 36.9. The van der Waals surface area contributed by atoms with E-state index in [0.717, 1.165) is 12.0 Å². The molecule has 1 aromatic heterocycles. The van der Waals surface area contributed by atoms with Crippen LogP contribution in [0.25, 0.3) is 0 Å². The third kappa shape index (κ3) is 5.52. The number of carbonyl (C=O) groups excluding carboxylic acids is 3. The molecular weight excluding hydrogens is 388 g/mol. The molecule has 0 aliphatic carbocycles. The third-order valence-corrected chi connectivity index (χ3v) is 5.00. The lowest BCUT2D eigenvalue weighted by molar-refractivity contribution is -0.119. The number of nitrogens with one attached hydrogen (secondary N) is 2. The monoisotopic (exact) mass is 408 g/mol. The standard InChI is InChI=1S/C22H20N2O4S/c1-2-15-6-3-4-7-18(15)24-20(25)14-28-22(27)16-9-11-17(12-10-16)23-21(26)19-8-5-13-29-19/h3-13H,2,14H2,1H3,(H,23,26)(H,24,25).